The summed E-state index contributed by atoms with van der Waals surface area (Å²) < 4.78 is 8.27. The van der Waals surface area contributed by atoms with Crippen molar-refractivity contribution in [1.29, 1.82) is 0 Å². The predicted octanol–water partition coefficient (Wildman–Crippen LogP) is 6.05. The molecule has 0 aliphatic heterocycles. The Kier molecular flexibility index (Phi) is 6.70. The van der Waals surface area contributed by atoms with E-state index >= 15 is 0 Å². The zero-order valence-electron chi connectivity index (χ0n) is 13.7. The molecule has 0 N–H and O–H groups in total. The average molecular weight is 413 g/mol. The third-order valence-electron chi connectivity index (χ3n) is 3.75. The summed E-state index contributed by atoms with van der Waals surface area (Å²) in [5.74, 6) is 0.818. The highest BCUT2D eigenvalue weighted by molar-refractivity contribution is 8.00. The average Bonchev–Trinajstić information content (AvgIpc) is 3.26. The molecule has 132 valence electrons. The maximum Gasteiger partial charge on any atom is 0.120 e. The quantitative estimate of drug-likeness (QED) is 0.421. The Morgan fingerprint density at radius 1 is 1.28 bits per heavy atom. The van der Waals surface area contributed by atoms with E-state index in [0.717, 1.165) is 39.4 Å². The number of aryl methyl sites for hydroxylation is 1. The van der Waals surface area contributed by atoms with E-state index in [4.69, 9.17) is 27.9 Å². The summed E-state index contributed by atoms with van der Waals surface area (Å²) in [6.45, 7) is 0.872. The Hall–Kier alpha value is -1.14. The molecule has 3 aromatic rings. The monoisotopic (exact) mass is 412 g/mol. The third-order valence-corrected chi connectivity index (χ3v) is 6.79. The predicted molar refractivity (Wildman–Crippen MR) is 108 cm³/mol. The smallest absolute Gasteiger partial charge is 0.120 e. The van der Waals surface area contributed by atoms with E-state index in [1.807, 2.05) is 36.8 Å². The summed E-state index contributed by atoms with van der Waals surface area (Å²) >= 11 is 15.9. The van der Waals surface area contributed by atoms with E-state index in [0.29, 0.717) is 5.25 Å². The van der Waals surface area contributed by atoms with Crippen molar-refractivity contribution in [3.05, 3.63) is 63.3 Å². The fourth-order valence-corrected chi connectivity index (χ4v) is 5.05. The van der Waals surface area contributed by atoms with Crippen LogP contribution >= 0.6 is 46.3 Å². The van der Waals surface area contributed by atoms with Gasteiger partial charge in [-0.3, -0.25) is 0 Å². The summed E-state index contributed by atoms with van der Waals surface area (Å²) in [6, 6.07) is 9.82. The number of methoxy groups -OCH3 is 1. The van der Waals surface area contributed by atoms with Crippen LogP contribution in [-0.2, 0) is 13.0 Å². The lowest BCUT2D eigenvalue weighted by molar-refractivity contribution is 0.413. The van der Waals surface area contributed by atoms with Crippen molar-refractivity contribution in [3.63, 3.8) is 0 Å². The molecule has 7 heteroatoms. The molecule has 1 unspecified atom stereocenters. The van der Waals surface area contributed by atoms with Gasteiger partial charge in [0.1, 0.15) is 5.75 Å². The minimum atomic E-state index is 0.361. The molecule has 0 bridgehead atoms. The number of ether oxygens (including phenoxy) is 1. The highest BCUT2D eigenvalue weighted by atomic mass is 35.5. The molecule has 0 spiro atoms. The lowest BCUT2D eigenvalue weighted by atomic mass is 10.2. The number of imidazole rings is 1. The van der Waals surface area contributed by atoms with Gasteiger partial charge in [0.05, 0.1) is 22.8 Å². The summed E-state index contributed by atoms with van der Waals surface area (Å²) in [4.78, 5) is 6.48. The highest BCUT2D eigenvalue weighted by Gasteiger charge is 2.15. The fraction of sp³-hybridized carbons (Fsp3) is 0.278. The van der Waals surface area contributed by atoms with Crippen LogP contribution < -0.4 is 4.74 Å². The largest absolute Gasteiger partial charge is 0.497 e. The Bertz CT molecular complexity index is 805. The second-order valence-corrected chi connectivity index (χ2v) is 9.09. The number of thioether (sulfide) groups is 1. The topological polar surface area (TPSA) is 27.1 Å². The number of halogens is 2. The first-order chi connectivity index (χ1) is 12.1. The third kappa shape index (κ3) is 5.42. The number of nitrogens with zero attached hydrogens (tertiary/aromatic N) is 2. The first kappa shape index (κ1) is 18.6. The van der Waals surface area contributed by atoms with Crippen LogP contribution in [0.1, 0.15) is 11.3 Å². The first-order valence-corrected chi connectivity index (χ1v) is 10.3. The van der Waals surface area contributed by atoms with Gasteiger partial charge in [-0.25, -0.2) is 4.98 Å². The van der Waals surface area contributed by atoms with E-state index < -0.39 is 0 Å². The summed E-state index contributed by atoms with van der Waals surface area (Å²) in [5, 5.41) is 1.11. The van der Waals surface area contributed by atoms with Gasteiger partial charge in [0, 0.05) is 34.0 Å². The van der Waals surface area contributed by atoms with Crippen LogP contribution in [0.15, 0.2) is 53.9 Å². The van der Waals surface area contributed by atoms with Gasteiger partial charge in [-0.05, 0) is 43.2 Å². The van der Waals surface area contributed by atoms with E-state index in [2.05, 4.69) is 15.6 Å². The molecule has 0 aliphatic rings. The summed E-state index contributed by atoms with van der Waals surface area (Å²) in [7, 11) is 1.67. The number of hydrogen-bond donors (Lipinski definition) is 0. The van der Waals surface area contributed by atoms with Crippen molar-refractivity contribution in [3.8, 4) is 5.75 Å². The first-order valence-electron chi connectivity index (χ1n) is 7.84. The van der Waals surface area contributed by atoms with E-state index in [9.17, 15) is 0 Å². The zero-order valence-corrected chi connectivity index (χ0v) is 16.8. The Balaban J connectivity index is 1.73. The van der Waals surface area contributed by atoms with Crippen LogP contribution in [0.3, 0.4) is 0 Å². The van der Waals surface area contributed by atoms with Crippen LogP contribution in [0.25, 0.3) is 0 Å². The second-order valence-electron chi connectivity index (χ2n) is 5.54. The van der Waals surface area contributed by atoms with Gasteiger partial charge in [0.25, 0.3) is 0 Å². The molecule has 25 heavy (non-hydrogen) atoms. The minimum absolute atomic E-state index is 0.361. The van der Waals surface area contributed by atoms with Gasteiger partial charge in [-0.2, -0.15) is 0 Å². The molecule has 0 amide bonds. The Labute approximate surface area is 165 Å². The molecule has 0 radical (unpaired) electrons. The van der Waals surface area contributed by atoms with Crippen molar-refractivity contribution in [2.24, 2.45) is 0 Å². The fourth-order valence-electron chi connectivity index (χ4n) is 2.49. The zero-order chi connectivity index (χ0) is 17.6. The Morgan fingerprint density at radius 3 is 2.84 bits per heavy atom. The van der Waals surface area contributed by atoms with Crippen LogP contribution in [0.2, 0.25) is 9.36 Å². The highest BCUT2D eigenvalue weighted by Crippen LogP contribution is 2.36. The van der Waals surface area contributed by atoms with Gasteiger partial charge < -0.3 is 9.30 Å². The molecule has 1 atom stereocenters. The normalized spacial score (nSPS) is 12.3. The molecule has 2 heterocycles. The van der Waals surface area contributed by atoms with Gasteiger partial charge in [-0.1, -0.05) is 23.2 Å². The number of aromatic nitrogens is 2. The van der Waals surface area contributed by atoms with E-state index in [-0.39, 0.29) is 0 Å². The van der Waals surface area contributed by atoms with Crippen molar-refractivity contribution >= 4 is 46.3 Å². The molecule has 0 fully saturated rings. The molecular formula is C18H18Cl2N2OS2. The van der Waals surface area contributed by atoms with Gasteiger partial charge >= 0.3 is 0 Å². The molecule has 0 aliphatic carbocycles. The molecule has 3 rings (SSSR count). The van der Waals surface area contributed by atoms with Crippen LogP contribution in [0.5, 0.6) is 5.75 Å². The van der Waals surface area contributed by atoms with Crippen LogP contribution in [-0.4, -0.2) is 21.9 Å². The van der Waals surface area contributed by atoms with Gasteiger partial charge in [0.2, 0.25) is 0 Å². The van der Waals surface area contributed by atoms with Crippen molar-refractivity contribution < 1.29 is 4.74 Å². The van der Waals surface area contributed by atoms with Gasteiger partial charge in [0.15, 0.2) is 0 Å². The van der Waals surface area contributed by atoms with Crippen LogP contribution in [0.4, 0.5) is 0 Å². The van der Waals surface area contributed by atoms with E-state index in [1.165, 1.54) is 4.88 Å². The van der Waals surface area contributed by atoms with Crippen molar-refractivity contribution in [1.82, 2.24) is 9.55 Å². The summed E-state index contributed by atoms with van der Waals surface area (Å²) in [5.41, 5.74) is 0. The minimum Gasteiger partial charge on any atom is -0.497 e. The maximum absolute atomic E-state index is 6.39. The van der Waals surface area contributed by atoms with E-state index in [1.54, 1.807) is 36.4 Å². The number of thiophene rings is 1. The number of rotatable bonds is 8. The standard InChI is InChI=1S/C18H18Cl2N2OS2/c1-23-13-2-6-16(19)17(10-13)24-15(11-22-9-8-21-12-22)4-3-14-5-7-18(20)25-14/h2,5-10,12,15H,3-4,11H2,1H3. The molecule has 2 aromatic heterocycles. The summed E-state index contributed by atoms with van der Waals surface area (Å²) in [6.07, 6.45) is 7.66. The molecule has 0 saturated heterocycles. The number of hydrogen-bond acceptors (Lipinski definition) is 4. The molecule has 0 saturated carbocycles. The lowest BCUT2D eigenvalue weighted by Crippen LogP contribution is -2.13. The molecule has 1 aromatic carbocycles. The SMILES string of the molecule is COc1ccc(Cl)c(SC(CCc2ccc(Cl)s2)Cn2ccnc2)c1. The molecular weight excluding hydrogens is 395 g/mol. The Morgan fingerprint density at radius 2 is 2.16 bits per heavy atom. The lowest BCUT2D eigenvalue weighted by Gasteiger charge is -2.18. The van der Waals surface area contributed by atoms with Crippen LogP contribution in [0, 0.1) is 0 Å². The maximum atomic E-state index is 6.39. The molecule has 3 nitrogen and oxygen atoms in total. The van der Waals surface area contributed by atoms with Crippen molar-refractivity contribution in [2.45, 2.75) is 29.5 Å². The second kappa shape index (κ2) is 8.99. The number of benzene rings is 1. The van der Waals surface area contributed by atoms with Gasteiger partial charge in [-0.15, -0.1) is 23.1 Å². The van der Waals surface area contributed by atoms with Crippen molar-refractivity contribution in [2.75, 3.05) is 7.11 Å².